The Kier molecular flexibility index (Phi) is 6.46. The summed E-state index contributed by atoms with van der Waals surface area (Å²) in [6.45, 7) is 0. The molecule has 1 aromatic heterocycles. The number of aromatic nitrogens is 1. The van der Waals surface area contributed by atoms with E-state index in [0.29, 0.717) is 5.15 Å². The first-order valence-corrected chi connectivity index (χ1v) is 7.17. The molecule has 1 heterocycles. The summed E-state index contributed by atoms with van der Waals surface area (Å²) in [6, 6.07) is 3.36. The van der Waals surface area contributed by atoms with Crippen molar-refractivity contribution < 1.29 is 8.42 Å². The normalized spacial score (nSPS) is 14.3. The molecule has 1 atom stereocenters. The van der Waals surface area contributed by atoms with E-state index in [-0.39, 0.29) is 5.75 Å². The van der Waals surface area contributed by atoms with Gasteiger partial charge >= 0.3 is 0 Å². The number of hydrogen-bond acceptors (Lipinski definition) is 5. The third kappa shape index (κ3) is 8.34. The van der Waals surface area contributed by atoms with Crippen LogP contribution in [0.5, 0.6) is 0 Å². The van der Waals surface area contributed by atoms with Gasteiger partial charge in [-0.2, -0.15) is 0 Å². The summed E-state index contributed by atoms with van der Waals surface area (Å²) >= 11 is 4.64. The quantitative estimate of drug-likeness (QED) is 0.793. The van der Waals surface area contributed by atoms with Crippen molar-refractivity contribution in [3.05, 3.63) is 29.0 Å². The zero-order chi connectivity index (χ0) is 11.9. The van der Waals surface area contributed by atoms with Crippen LogP contribution in [0.25, 0.3) is 0 Å². The van der Waals surface area contributed by atoms with Gasteiger partial charge in [-0.3, -0.25) is 13.8 Å². The number of rotatable bonds is 2. The van der Waals surface area contributed by atoms with E-state index < -0.39 is 21.2 Å². The van der Waals surface area contributed by atoms with Crippen LogP contribution >= 0.6 is 11.6 Å². The highest BCUT2D eigenvalue weighted by Crippen LogP contribution is 2.07. The molecule has 0 amide bonds. The molecule has 8 heteroatoms. The Balaban J connectivity index is 0.000000583. The second kappa shape index (κ2) is 6.76. The molecule has 0 spiro atoms. The van der Waals surface area contributed by atoms with Gasteiger partial charge in [0.25, 0.3) is 0 Å². The fourth-order valence-electron chi connectivity index (χ4n) is 0.810. The lowest BCUT2D eigenvalue weighted by molar-refractivity contribution is 0.678. The Hall–Kier alpha value is -0.660. The molecule has 0 aliphatic carbocycles. The average molecular weight is 270 g/mol. The van der Waals surface area contributed by atoms with Crippen molar-refractivity contribution in [2.45, 2.75) is 5.75 Å². The van der Waals surface area contributed by atoms with Gasteiger partial charge in [-0.25, -0.2) is 9.19 Å². The summed E-state index contributed by atoms with van der Waals surface area (Å²) < 4.78 is 32.5. The lowest BCUT2D eigenvalue weighted by atomic mass is 10.3. The third-order valence-corrected chi connectivity index (χ3v) is 2.34. The molecule has 2 N–H and O–H groups in total. The summed E-state index contributed by atoms with van der Waals surface area (Å²) in [5.74, 6) is 0.233. The molecule has 0 saturated carbocycles. The lowest BCUT2D eigenvalue weighted by Gasteiger charge is -1.99. The molecule has 0 saturated heterocycles. The van der Waals surface area contributed by atoms with E-state index in [0.717, 1.165) is 5.56 Å². The van der Waals surface area contributed by atoms with Gasteiger partial charge in [0.15, 0.2) is 0 Å². The molecular weight excluding hydrogens is 258 g/mol. The molecule has 1 unspecified atom stereocenters. The molecular formula is C7H12ClN3O2S2. The molecule has 5 nitrogen and oxygen atoms in total. The van der Waals surface area contributed by atoms with Crippen LogP contribution in [0.15, 0.2) is 18.3 Å². The van der Waals surface area contributed by atoms with Crippen LogP contribution in [0.2, 0.25) is 5.15 Å². The molecule has 0 radical (unpaired) electrons. The first kappa shape index (κ1) is 14.3. The molecule has 15 heavy (non-hydrogen) atoms. The van der Waals surface area contributed by atoms with Gasteiger partial charge in [-0.15, -0.1) is 0 Å². The van der Waals surface area contributed by atoms with Crippen molar-refractivity contribution in [1.29, 1.82) is 9.56 Å². The van der Waals surface area contributed by atoms with Gasteiger partial charge in [0, 0.05) is 33.6 Å². The van der Waals surface area contributed by atoms with Crippen molar-refractivity contribution in [3.63, 3.8) is 0 Å². The summed E-state index contributed by atoms with van der Waals surface area (Å²) in [5.41, 5.74) is 0.780. The maximum Gasteiger partial charge on any atom is 0.129 e. The van der Waals surface area contributed by atoms with Crippen LogP contribution < -0.4 is 0 Å². The summed E-state index contributed by atoms with van der Waals surface area (Å²) in [7, 11) is -2.47. The van der Waals surface area contributed by atoms with E-state index in [4.69, 9.17) is 25.4 Å². The Morgan fingerprint density at radius 3 is 2.47 bits per heavy atom. The van der Waals surface area contributed by atoms with Crippen molar-refractivity contribution in [2.75, 3.05) is 6.26 Å². The van der Waals surface area contributed by atoms with Gasteiger partial charge in [0.2, 0.25) is 0 Å². The maximum absolute atomic E-state index is 11.0. The number of hydrogen-bond donors (Lipinski definition) is 2. The predicted octanol–water partition coefficient (Wildman–Crippen LogP) is 1.34. The number of nitrogens with zero attached hydrogens (tertiary/aromatic N) is 1. The highest BCUT2D eigenvalue weighted by atomic mass is 35.5. The first-order valence-electron chi connectivity index (χ1n) is 3.75. The predicted molar refractivity (Wildman–Crippen MR) is 63.4 cm³/mol. The Morgan fingerprint density at radius 2 is 2.13 bits per heavy atom. The second-order valence-corrected chi connectivity index (χ2v) is 5.63. The minimum absolute atomic E-state index is 0.233. The highest BCUT2D eigenvalue weighted by molar-refractivity contribution is 7.90. The fourth-order valence-corrected chi connectivity index (χ4v) is 1.73. The topological polar surface area (TPSA) is 94.7 Å². The number of nitrogens with one attached hydrogen (secondary N) is 2. The maximum atomic E-state index is 11.0. The van der Waals surface area contributed by atoms with Gasteiger partial charge < -0.3 is 0 Å². The molecule has 86 valence electrons. The monoisotopic (exact) mass is 269 g/mol. The largest absolute Gasteiger partial charge is 0.258 e. The van der Waals surface area contributed by atoms with Gasteiger partial charge in [-0.05, 0) is 11.6 Å². The van der Waals surface area contributed by atoms with E-state index in [1.807, 2.05) is 0 Å². The minimum Gasteiger partial charge on any atom is -0.258 e. The smallest absolute Gasteiger partial charge is 0.129 e. The zero-order valence-corrected chi connectivity index (χ0v) is 10.6. The Morgan fingerprint density at radius 1 is 1.60 bits per heavy atom. The molecule has 0 aliphatic rings. The molecule has 0 aromatic carbocycles. The standard InChI is InChI=1S/C7H9ClN2OS.H3NOS/c1-12(9,11)5-6-2-3-7(8)10-4-6;1-3-2/h2-4,9H,5H2,1H3;1H,3H2. The summed E-state index contributed by atoms with van der Waals surface area (Å²) in [5, 5.41) is 0.409. The average Bonchev–Trinajstić information content (AvgIpc) is 2.08. The van der Waals surface area contributed by atoms with Crippen LogP contribution in [-0.4, -0.2) is 19.7 Å². The lowest BCUT2D eigenvalue weighted by Crippen LogP contribution is -1.98. The second-order valence-electron chi connectivity index (χ2n) is 2.74. The van der Waals surface area contributed by atoms with Gasteiger partial charge in [-0.1, -0.05) is 17.7 Å². The van der Waals surface area contributed by atoms with Crippen molar-refractivity contribution in [1.82, 2.24) is 4.98 Å². The molecule has 0 fully saturated rings. The van der Waals surface area contributed by atoms with Gasteiger partial charge in [0.05, 0.1) is 5.75 Å². The third-order valence-electron chi connectivity index (χ3n) is 1.23. The SMILES string of the molecule is CS(=N)(=O)Cc1ccc(Cl)nc1.N=[SH2]=O. The minimum atomic E-state index is -2.47. The highest BCUT2D eigenvalue weighted by Gasteiger charge is 2.00. The molecule has 0 aliphatic heterocycles. The molecule has 0 bridgehead atoms. The zero-order valence-electron chi connectivity index (χ0n) is 7.99. The van der Waals surface area contributed by atoms with Gasteiger partial charge in [0.1, 0.15) is 5.15 Å². The van der Waals surface area contributed by atoms with Crippen LogP contribution in [0.4, 0.5) is 0 Å². The van der Waals surface area contributed by atoms with Crippen molar-refractivity contribution >= 4 is 32.8 Å². The van der Waals surface area contributed by atoms with Crippen LogP contribution in [0.3, 0.4) is 0 Å². The van der Waals surface area contributed by atoms with E-state index in [1.165, 1.54) is 6.26 Å². The van der Waals surface area contributed by atoms with Crippen LogP contribution in [-0.2, 0) is 26.9 Å². The Labute approximate surface area is 96.9 Å². The number of pyridine rings is 1. The van der Waals surface area contributed by atoms with Crippen LogP contribution in [0.1, 0.15) is 5.56 Å². The van der Waals surface area contributed by atoms with E-state index in [9.17, 15) is 4.21 Å². The van der Waals surface area contributed by atoms with E-state index >= 15 is 0 Å². The van der Waals surface area contributed by atoms with Crippen molar-refractivity contribution in [2.24, 2.45) is 0 Å². The summed E-state index contributed by atoms with van der Waals surface area (Å²) in [4.78, 5) is 3.82. The first-order chi connectivity index (χ1) is 6.89. The van der Waals surface area contributed by atoms with E-state index in [2.05, 4.69) is 4.98 Å². The molecule has 1 aromatic rings. The summed E-state index contributed by atoms with van der Waals surface area (Å²) in [6.07, 6.45) is 2.95. The fraction of sp³-hybridized carbons (Fsp3) is 0.286. The van der Waals surface area contributed by atoms with Crippen molar-refractivity contribution in [3.8, 4) is 0 Å². The number of halogens is 1. The molecule has 1 rings (SSSR count). The van der Waals surface area contributed by atoms with Crippen LogP contribution in [0, 0.1) is 9.56 Å². The Bertz CT molecular complexity index is 438. The van der Waals surface area contributed by atoms with E-state index in [1.54, 1.807) is 18.3 Å².